The molecule has 1 unspecified atom stereocenters. The Bertz CT molecular complexity index is 866. The number of aromatic nitrogens is 2. The molecule has 2 aromatic rings. The van der Waals surface area contributed by atoms with Crippen LogP contribution in [0.5, 0.6) is 0 Å². The average Bonchev–Trinajstić information content (AvgIpc) is 3.32. The van der Waals surface area contributed by atoms with Crippen LogP contribution in [-0.4, -0.2) is 41.1 Å². The zero-order valence-electron chi connectivity index (χ0n) is 14.9. The number of rotatable bonds is 7. The van der Waals surface area contributed by atoms with Crippen molar-refractivity contribution in [2.45, 2.75) is 37.9 Å². The molecule has 1 aliphatic carbocycles. The number of carbonyl (C=O) groups excluding carboxylic acids is 1. The van der Waals surface area contributed by atoms with Crippen LogP contribution >= 0.6 is 23.2 Å². The quantitative estimate of drug-likeness (QED) is 0.682. The van der Waals surface area contributed by atoms with Gasteiger partial charge < -0.3 is 10.1 Å². The van der Waals surface area contributed by atoms with Crippen molar-refractivity contribution in [2.75, 3.05) is 13.2 Å². The molecule has 0 saturated heterocycles. The highest BCUT2D eigenvalue weighted by molar-refractivity contribution is 6.35. The molecule has 1 N–H and O–H groups in total. The van der Waals surface area contributed by atoms with Crippen LogP contribution in [-0.2, 0) is 4.74 Å². The molecule has 28 heavy (non-hydrogen) atoms. The average molecular weight is 436 g/mol. The van der Waals surface area contributed by atoms with Crippen LogP contribution in [0.15, 0.2) is 24.4 Å². The summed E-state index contributed by atoms with van der Waals surface area (Å²) in [5.74, 6) is -0.242. The number of nitrogens with one attached hydrogen (secondary N) is 1. The largest absolute Gasteiger partial charge is 0.411 e. The van der Waals surface area contributed by atoms with E-state index in [-0.39, 0.29) is 12.5 Å². The normalized spacial score (nSPS) is 15.5. The van der Waals surface area contributed by atoms with Gasteiger partial charge in [0.1, 0.15) is 6.61 Å². The van der Waals surface area contributed by atoms with E-state index >= 15 is 0 Å². The Hall–Kier alpha value is -1.77. The minimum atomic E-state index is -4.40. The molecule has 1 saturated carbocycles. The van der Waals surface area contributed by atoms with E-state index < -0.39 is 24.7 Å². The summed E-state index contributed by atoms with van der Waals surface area (Å²) < 4.78 is 42.7. The Kier molecular flexibility index (Phi) is 6.21. The number of halogens is 5. The molecule has 5 nitrogen and oxygen atoms in total. The Morgan fingerprint density at radius 3 is 2.71 bits per heavy atom. The van der Waals surface area contributed by atoms with Crippen molar-refractivity contribution in [3.63, 3.8) is 0 Å². The Labute approximate surface area is 169 Å². The van der Waals surface area contributed by atoms with Gasteiger partial charge in [0.15, 0.2) is 0 Å². The molecule has 152 valence electrons. The lowest BCUT2D eigenvalue weighted by molar-refractivity contribution is -0.174. The van der Waals surface area contributed by atoms with Crippen molar-refractivity contribution >= 4 is 29.1 Å². The molecular formula is C18H18Cl2F3N3O2. The van der Waals surface area contributed by atoms with Gasteiger partial charge in [-0.3, -0.25) is 4.79 Å². The van der Waals surface area contributed by atoms with E-state index in [9.17, 15) is 18.0 Å². The lowest BCUT2D eigenvalue weighted by atomic mass is 10.1. The van der Waals surface area contributed by atoms with E-state index in [1.807, 2.05) is 0 Å². The van der Waals surface area contributed by atoms with Gasteiger partial charge in [-0.25, -0.2) is 4.68 Å². The molecule has 0 spiro atoms. The maximum Gasteiger partial charge on any atom is 0.411 e. The fraction of sp³-hybridized carbons (Fsp3) is 0.444. The number of hydrogen-bond donors (Lipinski definition) is 1. The Balaban J connectivity index is 1.75. The molecule has 0 radical (unpaired) electrons. The molecule has 0 aliphatic heterocycles. The van der Waals surface area contributed by atoms with Crippen molar-refractivity contribution in [3.8, 4) is 5.69 Å². The van der Waals surface area contributed by atoms with Gasteiger partial charge in [0.2, 0.25) is 0 Å². The summed E-state index contributed by atoms with van der Waals surface area (Å²) in [6.07, 6.45) is -1.12. The van der Waals surface area contributed by atoms with Gasteiger partial charge >= 0.3 is 6.18 Å². The van der Waals surface area contributed by atoms with Gasteiger partial charge in [0, 0.05) is 17.0 Å². The zero-order valence-corrected chi connectivity index (χ0v) is 16.4. The van der Waals surface area contributed by atoms with Crippen molar-refractivity contribution in [3.05, 3.63) is 45.7 Å². The van der Waals surface area contributed by atoms with Crippen LogP contribution in [0, 0.1) is 0 Å². The third-order valence-electron chi connectivity index (χ3n) is 4.16. The Morgan fingerprint density at radius 2 is 2.11 bits per heavy atom. The molecule has 1 aromatic heterocycles. The fourth-order valence-corrected chi connectivity index (χ4v) is 3.31. The molecule has 0 bridgehead atoms. The van der Waals surface area contributed by atoms with Gasteiger partial charge in [-0.15, -0.1) is 0 Å². The molecule has 3 rings (SSSR count). The van der Waals surface area contributed by atoms with Crippen LogP contribution in [0.3, 0.4) is 0 Å². The molecule has 1 amide bonds. The molecule has 1 fully saturated rings. The number of benzene rings is 1. The van der Waals surface area contributed by atoms with Gasteiger partial charge in [-0.05, 0) is 38.0 Å². The SMILES string of the molecule is CC(COCC(F)(F)F)NC(=O)c1cnn(-c2ccc(Cl)cc2Cl)c1C1CC1. The van der Waals surface area contributed by atoms with E-state index in [1.54, 1.807) is 29.8 Å². The summed E-state index contributed by atoms with van der Waals surface area (Å²) in [7, 11) is 0. The second-order valence-electron chi connectivity index (χ2n) is 6.73. The smallest absolute Gasteiger partial charge is 0.370 e. The fourth-order valence-electron chi connectivity index (χ4n) is 2.82. The second-order valence-corrected chi connectivity index (χ2v) is 7.57. The maximum absolute atomic E-state index is 12.7. The highest BCUT2D eigenvalue weighted by atomic mass is 35.5. The van der Waals surface area contributed by atoms with Crippen molar-refractivity contribution < 1.29 is 22.7 Å². The van der Waals surface area contributed by atoms with Crippen molar-refractivity contribution in [2.24, 2.45) is 0 Å². The molecule has 1 aliphatic rings. The van der Waals surface area contributed by atoms with Crippen LogP contribution in [0.4, 0.5) is 13.2 Å². The topological polar surface area (TPSA) is 56.1 Å². The van der Waals surface area contributed by atoms with Gasteiger partial charge in [0.05, 0.1) is 34.8 Å². The first kappa shape index (κ1) is 21.0. The minimum Gasteiger partial charge on any atom is -0.370 e. The van der Waals surface area contributed by atoms with Crippen LogP contribution in [0.25, 0.3) is 5.69 Å². The molecule has 1 aromatic carbocycles. The summed E-state index contributed by atoms with van der Waals surface area (Å²) in [6.45, 7) is -0.0275. The number of hydrogen-bond acceptors (Lipinski definition) is 3. The predicted octanol–water partition coefficient (Wildman–Crippen LogP) is 4.75. The first-order valence-corrected chi connectivity index (χ1v) is 9.40. The lowest BCUT2D eigenvalue weighted by Crippen LogP contribution is -2.37. The molecule has 10 heteroatoms. The summed E-state index contributed by atoms with van der Waals surface area (Å²) in [5.41, 5.74) is 1.70. The maximum atomic E-state index is 12.7. The summed E-state index contributed by atoms with van der Waals surface area (Å²) >= 11 is 12.2. The first-order chi connectivity index (χ1) is 13.2. The van der Waals surface area contributed by atoms with Gasteiger partial charge in [0.25, 0.3) is 5.91 Å². The standard InChI is InChI=1S/C18H18Cl2F3N3O2/c1-10(8-28-9-18(21,22)23)25-17(27)13-7-24-26(16(13)11-2-3-11)15-5-4-12(19)6-14(15)20/h4-7,10-11H,2-3,8-9H2,1H3,(H,25,27). The minimum absolute atomic E-state index is 0.173. The van der Waals surface area contributed by atoms with Crippen molar-refractivity contribution in [1.29, 1.82) is 0 Å². The number of nitrogens with zero attached hydrogens (tertiary/aromatic N) is 2. The second kappa shape index (κ2) is 8.31. The Morgan fingerprint density at radius 1 is 1.39 bits per heavy atom. The highest BCUT2D eigenvalue weighted by Crippen LogP contribution is 2.43. The summed E-state index contributed by atoms with van der Waals surface area (Å²) in [4.78, 5) is 12.7. The van der Waals surface area contributed by atoms with E-state index in [2.05, 4.69) is 15.2 Å². The number of ether oxygens (including phenoxy) is 1. The van der Waals surface area contributed by atoms with Crippen LogP contribution in [0.2, 0.25) is 10.0 Å². The number of carbonyl (C=O) groups is 1. The third-order valence-corrected chi connectivity index (χ3v) is 4.70. The lowest BCUT2D eigenvalue weighted by Gasteiger charge is -2.16. The van der Waals surface area contributed by atoms with E-state index in [4.69, 9.17) is 23.2 Å². The van der Waals surface area contributed by atoms with E-state index in [0.717, 1.165) is 18.5 Å². The molecule has 1 atom stereocenters. The molecular weight excluding hydrogens is 418 g/mol. The summed E-state index contributed by atoms with van der Waals surface area (Å²) in [6, 6.07) is 4.40. The molecule has 1 heterocycles. The highest BCUT2D eigenvalue weighted by Gasteiger charge is 2.34. The van der Waals surface area contributed by atoms with Crippen LogP contribution < -0.4 is 5.32 Å². The number of alkyl halides is 3. The number of amides is 1. The zero-order chi connectivity index (χ0) is 20.5. The van der Waals surface area contributed by atoms with Crippen molar-refractivity contribution in [1.82, 2.24) is 15.1 Å². The first-order valence-electron chi connectivity index (χ1n) is 8.64. The summed E-state index contributed by atoms with van der Waals surface area (Å²) in [5, 5.41) is 7.85. The van der Waals surface area contributed by atoms with Crippen LogP contribution in [0.1, 0.15) is 41.7 Å². The monoisotopic (exact) mass is 435 g/mol. The van der Waals surface area contributed by atoms with E-state index in [0.29, 0.717) is 21.3 Å². The van der Waals surface area contributed by atoms with Gasteiger partial charge in [-0.2, -0.15) is 18.3 Å². The third kappa shape index (κ3) is 5.18. The van der Waals surface area contributed by atoms with E-state index in [1.165, 1.54) is 6.20 Å². The van der Waals surface area contributed by atoms with Gasteiger partial charge in [-0.1, -0.05) is 23.2 Å². The predicted molar refractivity (Wildman–Crippen MR) is 99.4 cm³/mol.